The molecule has 15 heavy (non-hydrogen) atoms. The SMILES string of the molecule is NCNCCN1CCOC(CNC=O)C1. The van der Waals surface area contributed by atoms with Gasteiger partial charge in [-0.1, -0.05) is 0 Å². The molecule has 88 valence electrons. The van der Waals surface area contributed by atoms with Gasteiger partial charge in [0.05, 0.1) is 12.7 Å². The van der Waals surface area contributed by atoms with Gasteiger partial charge in [-0.3, -0.25) is 9.69 Å². The highest BCUT2D eigenvalue weighted by Crippen LogP contribution is 2.03. The molecule has 1 saturated heterocycles. The normalized spacial score (nSPS) is 22.6. The van der Waals surface area contributed by atoms with Crippen LogP contribution in [0.3, 0.4) is 0 Å². The van der Waals surface area contributed by atoms with Crippen LogP contribution >= 0.6 is 0 Å². The van der Waals surface area contributed by atoms with E-state index in [0.717, 1.165) is 32.8 Å². The lowest BCUT2D eigenvalue weighted by atomic mass is 10.2. The van der Waals surface area contributed by atoms with E-state index >= 15 is 0 Å². The lowest BCUT2D eigenvalue weighted by Gasteiger charge is -2.32. The molecule has 0 aromatic carbocycles. The second-order valence-electron chi connectivity index (χ2n) is 3.52. The molecular weight excluding hydrogens is 196 g/mol. The third kappa shape index (κ3) is 5.08. The molecule has 0 aliphatic carbocycles. The van der Waals surface area contributed by atoms with Crippen LogP contribution in [0.1, 0.15) is 0 Å². The van der Waals surface area contributed by atoms with Gasteiger partial charge in [0.25, 0.3) is 0 Å². The summed E-state index contributed by atoms with van der Waals surface area (Å²) in [5.41, 5.74) is 5.33. The minimum Gasteiger partial charge on any atom is -0.374 e. The van der Waals surface area contributed by atoms with Gasteiger partial charge in [-0.25, -0.2) is 0 Å². The van der Waals surface area contributed by atoms with E-state index in [1.54, 1.807) is 0 Å². The predicted molar refractivity (Wildman–Crippen MR) is 57.3 cm³/mol. The van der Waals surface area contributed by atoms with Gasteiger partial charge < -0.3 is 21.1 Å². The van der Waals surface area contributed by atoms with Crippen LogP contribution in [-0.4, -0.2) is 63.4 Å². The summed E-state index contributed by atoms with van der Waals surface area (Å²) in [5, 5.41) is 5.71. The summed E-state index contributed by atoms with van der Waals surface area (Å²) >= 11 is 0. The second kappa shape index (κ2) is 7.58. The van der Waals surface area contributed by atoms with Crippen molar-refractivity contribution in [2.45, 2.75) is 6.10 Å². The smallest absolute Gasteiger partial charge is 0.207 e. The van der Waals surface area contributed by atoms with Gasteiger partial charge in [0.15, 0.2) is 0 Å². The van der Waals surface area contributed by atoms with E-state index in [1.165, 1.54) is 0 Å². The van der Waals surface area contributed by atoms with Crippen molar-refractivity contribution in [1.82, 2.24) is 15.5 Å². The van der Waals surface area contributed by atoms with E-state index in [-0.39, 0.29) is 6.10 Å². The first-order chi connectivity index (χ1) is 7.36. The fourth-order valence-electron chi connectivity index (χ4n) is 1.63. The van der Waals surface area contributed by atoms with Crippen molar-refractivity contribution in [1.29, 1.82) is 0 Å². The minimum absolute atomic E-state index is 0.113. The molecule has 1 unspecified atom stereocenters. The van der Waals surface area contributed by atoms with E-state index in [0.29, 0.717) is 19.6 Å². The highest BCUT2D eigenvalue weighted by molar-refractivity contribution is 5.45. The Morgan fingerprint density at radius 2 is 2.47 bits per heavy atom. The molecule has 1 fully saturated rings. The number of rotatable bonds is 7. The largest absolute Gasteiger partial charge is 0.374 e. The van der Waals surface area contributed by atoms with Crippen LogP contribution in [-0.2, 0) is 9.53 Å². The molecule has 1 atom stereocenters. The summed E-state index contributed by atoms with van der Waals surface area (Å²) in [6.07, 6.45) is 0.819. The molecule has 0 aromatic heterocycles. The fourth-order valence-corrected chi connectivity index (χ4v) is 1.63. The minimum atomic E-state index is 0.113. The summed E-state index contributed by atoms with van der Waals surface area (Å²) < 4.78 is 5.51. The maximum atomic E-state index is 10.1. The van der Waals surface area contributed by atoms with Crippen LogP contribution in [0.5, 0.6) is 0 Å². The van der Waals surface area contributed by atoms with E-state index in [4.69, 9.17) is 10.5 Å². The van der Waals surface area contributed by atoms with E-state index in [2.05, 4.69) is 15.5 Å². The average Bonchev–Trinajstić information content (AvgIpc) is 2.27. The van der Waals surface area contributed by atoms with E-state index in [9.17, 15) is 4.79 Å². The number of carbonyl (C=O) groups excluding carboxylic acids is 1. The standard InChI is InChI=1S/C9H20N4O2/c10-7-11-1-2-13-3-4-15-9(6-13)5-12-8-14/h8-9,11H,1-7,10H2,(H,12,14). The summed E-state index contributed by atoms with van der Waals surface area (Å²) in [5.74, 6) is 0. The molecule has 6 nitrogen and oxygen atoms in total. The maximum Gasteiger partial charge on any atom is 0.207 e. The zero-order chi connectivity index (χ0) is 10.9. The topological polar surface area (TPSA) is 79.6 Å². The molecule has 0 bridgehead atoms. The quantitative estimate of drug-likeness (QED) is 0.259. The Balaban J connectivity index is 2.14. The summed E-state index contributed by atoms with van der Waals surface area (Å²) in [6, 6.07) is 0. The Morgan fingerprint density at radius 1 is 1.60 bits per heavy atom. The fraction of sp³-hybridized carbons (Fsp3) is 0.889. The molecule has 0 radical (unpaired) electrons. The van der Waals surface area contributed by atoms with Gasteiger partial charge in [0.2, 0.25) is 6.41 Å². The monoisotopic (exact) mass is 216 g/mol. The third-order valence-electron chi connectivity index (χ3n) is 2.40. The highest BCUT2D eigenvalue weighted by Gasteiger charge is 2.19. The molecule has 1 aliphatic rings. The number of amides is 1. The van der Waals surface area contributed by atoms with Gasteiger partial charge in [-0.2, -0.15) is 0 Å². The van der Waals surface area contributed by atoms with E-state index < -0.39 is 0 Å². The lowest BCUT2D eigenvalue weighted by molar-refractivity contribution is -0.110. The van der Waals surface area contributed by atoms with Crippen LogP contribution < -0.4 is 16.4 Å². The number of nitrogens with two attached hydrogens (primary N) is 1. The Morgan fingerprint density at radius 3 is 3.20 bits per heavy atom. The predicted octanol–water partition coefficient (Wildman–Crippen LogP) is -2.06. The van der Waals surface area contributed by atoms with Crippen LogP contribution in [0.4, 0.5) is 0 Å². The molecule has 4 N–H and O–H groups in total. The van der Waals surface area contributed by atoms with Gasteiger partial charge in [-0.15, -0.1) is 0 Å². The Kier molecular flexibility index (Phi) is 6.26. The zero-order valence-corrected chi connectivity index (χ0v) is 8.95. The Hall–Kier alpha value is -0.690. The van der Waals surface area contributed by atoms with Gasteiger partial charge in [-0.05, 0) is 0 Å². The number of hydrogen-bond donors (Lipinski definition) is 3. The number of nitrogens with zero attached hydrogens (tertiary/aromatic N) is 1. The number of nitrogens with one attached hydrogen (secondary N) is 2. The molecule has 1 amide bonds. The van der Waals surface area contributed by atoms with E-state index in [1.807, 2.05) is 0 Å². The molecule has 1 aliphatic heterocycles. The first kappa shape index (κ1) is 12.4. The van der Waals surface area contributed by atoms with Crippen molar-refractivity contribution in [2.75, 3.05) is 46.0 Å². The second-order valence-corrected chi connectivity index (χ2v) is 3.52. The molecule has 0 spiro atoms. The van der Waals surface area contributed by atoms with Crippen molar-refractivity contribution in [3.63, 3.8) is 0 Å². The van der Waals surface area contributed by atoms with Gasteiger partial charge >= 0.3 is 0 Å². The first-order valence-electron chi connectivity index (χ1n) is 5.28. The number of carbonyl (C=O) groups is 1. The summed E-state index contributed by atoms with van der Waals surface area (Å²) in [4.78, 5) is 12.4. The molecule has 0 aromatic rings. The van der Waals surface area contributed by atoms with Crippen molar-refractivity contribution >= 4 is 6.41 Å². The Labute approximate surface area is 90.1 Å². The molecule has 0 saturated carbocycles. The van der Waals surface area contributed by atoms with Crippen molar-refractivity contribution < 1.29 is 9.53 Å². The average molecular weight is 216 g/mol. The molecule has 6 heteroatoms. The van der Waals surface area contributed by atoms with Crippen molar-refractivity contribution in [3.05, 3.63) is 0 Å². The molecule has 1 heterocycles. The van der Waals surface area contributed by atoms with Crippen LogP contribution in [0.25, 0.3) is 0 Å². The lowest BCUT2D eigenvalue weighted by Crippen LogP contribution is -2.48. The van der Waals surface area contributed by atoms with Crippen molar-refractivity contribution in [2.24, 2.45) is 5.73 Å². The van der Waals surface area contributed by atoms with Crippen LogP contribution in [0.15, 0.2) is 0 Å². The van der Waals surface area contributed by atoms with Crippen LogP contribution in [0.2, 0.25) is 0 Å². The summed E-state index contributed by atoms with van der Waals surface area (Å²) in [6.45, 7) is 5.51. The first-order valence-corrected chi connectivity index (χ1v) is 5.28. The zero-order valence-electron chi connectivity index (χ0n) is 8.95. The molecular formula is C9H20N4O2. The maximum absolute atomic E-state index is 10.1. The van der Waals surface area contributed by atoms with Gasteiger partial charge in [0.1, 0.15) is 0 Å². The van der Waals surface area contributed by atoms with Crippen molar-refractivity contribution in [3.8, 4) is 0 Å². The molecule has 1 rings (SSSR count). The Bertz CT molecular complexity index is 179. The summed E-state index contributed by atoms with van der Waals surface area (Å²) in [7, 11) is 0. The van der Waals surface area contributed by atoms with Gasteiger partial charge in [0, 0.05) is 39.4 Å². The van der Waals surface area contributed by atoms with Crippen LogP contribution in [0, 0.1) is 0 Å². The number of morpholine rings is 1. The third-order valence-corrected chi connectivity index (χ3v) is 2.40. The number of ether oxygens (including phenoxy) is 1. The highest BCUT2D eigenvalue weighted by atomic mass is 16.5. The number of hydrogen-bond acceptors (Lipinski definition) is 5.